The number of carbonyl (C=O) groups is 1. The predicted octanol–water partition coefficient (Wildman–Crippen LogP) is 3.36. The number of benzene rings is 1. The number of aliphatic hydroxyl groups is 2. The van der Waals surface area contributed by atoms with Gasteiger partial charge in [0.1, 0.15) is 12.4 Å². The van der Waals surface area contributed by atoms with Gasteiger partial charge in [-0.15, -0.1) is 0 Å². The van der Waals surface area contributed by atoms with Gasteiger partial charge < -0.3 is 19.5 Å². The van der Waals surface area contributed by atoms with Crippen LogP contribution in [0.25, 0.3) is 32.7 Å². The van der Waals surface area contributed by atoms with Gasteiger partial charge in [0.05, 0.1) is 34.6 Å². The van der Waals surface area contributed by atoms with Gasteiger partial charge in [0.25, 0.3) is 5.56 Å². The molecule has 190 valence electrons. The van der Waals surface area contributed by atoms with E-state index in [2.05, 4.69) is 10.0 Å². The van der Waals surface area contributed by atoms with Crippen LogP contribution in [0.4, 0.5) is 4.39 Å². The number of aryl methyl sites for hydroxylation is 1. The fourth-order valence-corrected chi connectivity index (χ4v) is 6.34. The summed E-state index contributed by atoms with van der Waals surface area (Å²) in [5.41, 5.74) is 10.0. The van der Waals surface area contributed by atoms with Crippen molar-refractivity contribution in [1.82, 2.24) is 9.55 Å². The van der Waals surface area contributed by atoms with E-state index < -0.39 is 28.5 Å². The average molecular weight is 506 g/mol. The smallest absolute Gasteiger partial charge is 0.343 e. The van der Waals surface area contributed by atoms with Gasteiger partial charge in [0.15, 0.2) is 5.60 Å². The maximum Gasteiger partial charge on any atom is 0.343 e. The SMILES string of the molecule is CC[C@@]1(O)C(=O)OCc2c1cc1n(c2=O)Cc2c-1nc1cc(F)c(C)c3c1c2[C@@](CCO)(N=[N+]=[N-])CC3. The Balaban J connectivity index is 1.74. The molecular weight excluding hydrogens is 481 g/mol. The van der Waals surface area contributed by atoms with Crippen LogP contribution in [-0.2, 0) is 40.2 Å². The summed E-state index contributed by atoms with van der Waals surface area (Å²) in [5.74, 6) is -1.23. The molecule has 2 aliphatic heterocycles. The summed E-state index contributed by atoms with van der Waals surface area (Å²) in [6.45, 7) is 2.94. The fraction of sp³-hybridized carbons (Fsp3) is 0.423. The average Bonchev–Trinajstić information content (AvgIpc) is 3.24. The monoisotopic (exact) mass is 505 g/mol. The molecule has 3 aromatic rings. The van der Waals surface area contributed by atoms with Crippen LogP contribution in [0.5, 0.6) is 0 Å². The molecule has 4 heterocycles. The lowest BCUT2D eigenvalue weighted by Crippen LogP contribution is -2.44. The lowest BCUT2D eigenvalue weighted by molar-refractivity contribution is -0.172. The number of esters is 1. The minimum Gasteiger partial charge on any atom is -0.458 e. The number of aliphatic hydroxyl groups excluding tert-OH is 1. The largest absolute Gasteiger partial charge is 0.458 e. The van der Waals surface area contributed by atoms with E-state index in [1.165, 1.54) is 10.6 Å². The minimum atomic E-state index is -1.97. The molecule has 6 rings (SSSR count). The van der Waals surface area contributed by atoms with Gasteiger partial charge in [0.2, 0.25) is 0 Å². The summed E-state index contributed by atoms with van der Waals surface area (Å²) < 4.78 is 21.6. The first-order chi connectivity index (χ1) is 17.7. The van der Waals surface area contributed by atoms with Crippen molar-refractivity contribution in [3.63, 3.8) is 0 Å². The standard InChI is InChI=1S/C26H24FN5O5/c1-3-26(36)16-8-19-22-14(10-32(19)23(34)15(16)11-37-24(26)35)21-20-13(12(2)17(27)9-18(20)29-22)4-5-25(21,6-7-33)30-31-28/h8-9,33,36H,3-7,10-11H2,1-2H3/t25-,26+/m1/s1. The maximum absolute atomic E-state index is 15.0. The van der Waals surface area contributed by atoms with Crippen LogP contribution in [0, 0.1) is 12.7 Å². The molecule has 2 aromatic heterocycles. The molecule has 0 saturated carbocycles. The Labute approximate surface area is 210 Å². The Morgan fingerprint density at radius 1 is 1.30 bits per heavy atom. The van der Waals surface area contributed by atoms with E-state index in [4.69, 9.17) is 9.72 Å². The molecule has 2 atom stereocenters. The number of carbonyl (C=O) groups excluding carboxylic acids is 1. The van der Waals surface area contributed by atoms with Crippen LogP contribution in [-0.4, -0.2) is 32.3 Å². The lowest BCUT2D eigenvalue weighted by Gasteiger charge is -2.36. The van der Waals surface area contributed by atoms with Crippen molar-refractivity contribution in [1.29, 1.82) is 0 Å². The van der Waals surface area contributed by atoms with Crippen molar-refractivity contribution >= 4 is 16.9 Å². The van der Waals surface area contributed by atoms with E-state index in [1.54, 1.807) is 19.9 Å². The number of halogens is 1. The van der Waals surface area contributed by atoms with Gasteiger partial charge in [0, 0.05) is 34.1 Å². The van der Waals surface area contributed by atoms with Crippen molar-refractivity contribution in [3.05, 3.63) is 72.1 Å². The minimum absolute atomic E-state index is 0.00925. The first-order valence-electron chi connectivity index (χ1n) is 12.2. The third-order valence-corrected chi connectivity index (χ3v) is 8.32. The molecule has 0 amide bonds. The van der Waals surface area contributed by atoms with Gasteiger partial charge >= 0.3 is 5.97 Å². The highest BCUT2D eigenvalue weighted by Gasteiger charge is 2.47. The van der Waals surface area contributed by atoms with Crippen LogP contribution in [0.2, 0.25) is 0 Å². The maximum atomic E-state index is 15.0. The van der Waals surface area contributed by atoms with Crippen LogP contribution < -0.4 is 5.56 Å². The Bertz CT molecular complexity index is 1660. The van der Waals surface area contributed by atoms with Gasteiger partial charge in [-0.05, 0) is 60.9 Å². The highest BCUT2D eigenvalue weighted by atomic mass is 19.1. The number of aromatic nitrogens is 2. The molecule has 37 heavy (non-hydrogen) atoms. The van der Waals surface area contributed by atoms with E-state index in [-0.39, 0.29) is 43.7 Å². The number of hydrogen-bond acceptors (Lipinski definition) is 7. The predicted molar refractivity (Wildman–Crippen MR) is 130 cm³/mol. The summed E-state index contributed by atoms with van der Waals surface area (Å²) >= 11 is 0. The van der Waals surface area contributed by atoms with Crippen LogP contribution in [0.1, 0.15) is 59.6 Å². The van der Waals surface area contributed by atoms with Crippen LogP contribution >= 0.6 is 0 Å². The molecule has 0 unspecified atom stereocenters. The summed E-state index contributed by atoms with van der Waals surface area (Å²) in [5, 5.41) is 25.9. The summed E-state index contributed by atoms with van der Waals surface area (Å²) in [4.78, 5) is 34.0. The van der Waals surface area contributed by atoms with E-state index in [9.17, 15) is 29.7 Å². The van der Waals surface area contributed by atoms with E-state index >= 15 is 0 Å². The highest BCUT2D eigenvalue weighted by molar-refractivity contribution is 5.94. The number of rotatable bonds is 4. The number of nitrogens with zero attached hydrogens (tertiary/aromatic N) is 5. The van der Waals surface area contributed by atoms with Crippen LogP contribution in [0.15, 0.2) is 22.0 Å². The molecule has 2 N–H and O–H groups in total. The summed E-state index contributed by atoms with van der Waals surface area (Å²) in [7, 11) is 0. The van der Waals surface area contributed by atoms with Crippen molar-refractivity contribution < 1.29 is 24.1 Å². The van der Waals surface area contributed by atoms with Gasteiger partial charge in [-0.1, -0.05) is 12.0 Å². The summed E-state index contributed by atoms with van der Waals surface area (Å²) in [6, 6.07) is 2.93. The molecule has 0 spiro atoms. The zero-order valence-electron chi connectivity index (χ0n) is 20.3. The molecule has 0 radical (unpaired) electrons. The summed E-state index contributed by atoms with van der Waals surface area (Å²) in [6.07, 6.45) is 0.963. The molecule has 3 aliphatic rings. The molecule has 1 aromatic carbocycles. The molecule has 0 bridgehead atoms. The van der Waals surface area contributed by atoms with Crippen molar-refractivity contribution in [2.45, 2.75) is 63.8 Å². The Morgan fingerprint density at radius 3 is 2.78 bits per heavy atom. The quantitative estimate of drug-likeness (QED) is 0.188. The normalized spacial score (nSPS) is 23.2. The van der Waals surface area contributed by atoms with Crippen molar-refractivity contribution in [3.8, 4) is 11.4 Å². The molecular formula is C26H24FN5O5. The third-order valence-electron chi connectivity index (χ3n) is 8.32. The number of azide groups is 1. The van der Waals surface area contributed by atoms with E-state index in [1.807, 2.05) is 0 Å². The van der Waals surface area contributed by atoms with Gasteiger partial charge in [-0.3, -0.25) is 4.79 Å². The van der Waals surface area contributed by atoms with Crippen LogP contribution in [0.3, 0.4) is 0 Å². The molecule has 1 aliphatic carbocycles. The molecule has 11 heteroatoms. The number of hydrogen-bond donors (Lipinski definition) is 2. The van der Waals surface area contributed by atoms with E-state index in [0.29, 0.717) is 51.8 Å². The number of cyclic esters (lactones) is 1. The Morgan fingerprint density at radius 2 is 2.08 bits per heavy atom. The second kappa shape index (κ2) is 7.85. The van der Waals surface area contributed by atoms with Gasteiger partial charge in [-0.2, -0.15) is 0 Å². The number of ether oxygens (including phenoxy) is 1. The second-order valence-electron chi connectivity index (χ2n) is 9.97. The highest BCUT2D eigenvalue weighted by Crippen LogP contribution is 2.50. The fourth-order valence-electron chi connectivity index (χ4n) is 6.34. The van der Waals surface area contributed by atoms with Crippen molar-refractivity contribution in [2.75, 3.05) is 6.61 Å². The molecule has 10 nitrogen and oxygen atoms in total. The molecule has 0 saturated heterocycles. The Hall–Kier alpha value is -3.79. The Kier molecular flexibility index (Phi) is 5.01. The first kappa shape index (κ1) is 23.6. The number of fused-ring (bicyclic) bond motifs is 5. The lowest BCUT2D eigenvalue weighted by atomic mass is 9.72. The van der Waals surface area contributed by atoms with Crippen molar-refractivity contribution in [2.24, 2.45) is 5.11 Å². The zero-order chi connectivity index (χ0) is 26.3. The zero-order valence-corrected chi connectivity index (χ0v) is 20.3. The second-order valence-corrected chi connectivity index (χ2v) is 9.97. The third kappa shape index (κ3) is 2.93. The topological polar surface area (TPSA) is 150 Å². The number of pyridine rings is 2. The molecule has 0 fully saturated rings. The first-order valence-corrected chi connectivity index (χ1v) is 12.2. The van der Waals surface area contributed by atoms with Gasteiger partial charge in [-0.25, -0.2) is 14.2 Å². The van der Waals surface area contributed by atoms with E-state index in [0.717, 1.165) is 5.56 Å².